The van der Waals surface area contributed by atoms with Crippen molar-refractivity contribution in [3.05, 3.63) is 35.2 Å². The summed E-state index contributed by atoms with van der Waals surface area (Å²) in [5.41, 5.74) is 0.777. The first kappa shape index (κ1) is 14.2. The van der Waals surface area contributed by atoms with E-state index in [9.17, 15) is 4.79 Å². The molecule has 1 N–H and O–H groups in total. The molecule has 106 valence electrons. The third-order valence-electron chi connectivity index (χ3n) is 2.39. The number of ether oxygens (including phenoxy) is 2. The van der Waals surface area contributed by atoms with E-state index < -0.39 is 5.97 Å². The maximum absolute atomic E-state index is 11.4. The Morgan fingerprint density at radius 1 is 1.50 bits per heavy atom. The summed E-state index contributed by atoms with van der Waals surface area (Å²) in [4.78, 5) is 15.4. The lowest BCUT2D eigenvalue weighted by Gasteiger charge is -2.06. The van der Waals surface area contributed by atoms with Crippen molar-refractivity contribution >= 4 is 29.3 Å². The van der Waals surface area contributed by atoms with E-state index in [0.29, 0.717) is 16.5 Å². The summed E-state index contributed by atoms with van der Waals surface area (Å²) >= 11 is 5.93. The standard InChI is InChI=1S/C13H13ClN2O4/c1-3-19-12(17)10-7-20-13(16-10)15-8-4-5-9(14)11(6-8)18-2/h4-7H,3H2,1-2H3,(H,15,16). The van der Waals surface area contributed by atoms with Crippen LogP contribution in [0, 0.1) is 0 Å². The monoisotopic (exact) mass is 296 g/mol. The van der Waals surface area contributed by atoms with Crippen LogP contribution in [0.2, 0.25) is 5.02 Å². The Hall–Kier alpha value is -2.21. The third kappa shape index (κ3) is 3.21. The molecule has 1 aromatic carbocycles. The molecule has 0 spiro atoms. The average Bonchev–Trinajstić information content (AvgIpc) is 2.90. The van der Waals surface area contributed by atoms with Crippen LogP contribution in [0.25, 0.3) is 0 Å². The van der Waals surface area contributed by atoms with Gasteiger partial charge in [-0.05, 0) is 19.1 Å². The molecule has 2 rings (SSSR count). The van der Waals surface area contributed by atoms with Crippen LogP contribution in [0.15, 0.2) is 28.9 Å². The molecular weight excluding hydrogens is 284 g/mol. The third-order valence-corrected chi connectivity index (χ3v) is 2.70. The van der Waals surface area contributed by atoms with Crippen LogP contribution in [0.1, 0.15) is 17.4 Å². The van der Waals surface area contributed by atoms with Gasteiger partial charge in [-0.3, -0.25) is 0 Å². The fraction of sp³-hybridized carbons (Fsp3) is 0.231. The molecule has 0 unspecified atom stereocenters. The number of aromatic nitrogens is 1. The van der Waals surface area contributed by atoms with E-state index in [-0.39, 0.29) is 18.3 Å². The van der Waals surface area contributed by atoms with Gasteiger partial charge in [-0.2, -0.15) is 4.98 Å². The van der Waals surface area contributed by atoms with Crippen molar-refractivity contribution in [2.24, 2.45) is 0 Å². The Morgan fingerprint density at radius 2 is 2.30 bits per heavy atom. The Labute approximate surface area is 120 Å². The van der Waals surface area contributed by atoms with Crippen LogP contribution >= 0.6 is 11.6 Å². The van der Waals surface area contributed by atoms with Gasteiger partial charge in [-0.1, -0.05) is 11.6 Å². The summed E-state index contributed by atoms with van der Waals surface area (Å²) < 4.78 is 15.1. The summed E-state index contributed by atoms with van der Waals surface area (Å²) in [5.74, 6) is -0.00757. The average molecular weight is 297 g/mol. The summed E-state index contributed by atoms with van der Waals surface area (Å²) in [7, 11) is 1.52. The van der Waals surface area contributed by atoms with Gasteiger partial charge in [0, 0.05) is 11.8 Å². The number of hydrogen-bond donors (Lipinski definition) is 1. The molecular formula is C13H13ClN2O4. The van der Waals surface area contributed by atoms with Gasteiger partial charge in [0.2, 0.25) is 0 Å². The largest absolute Gasteiger partial charge is 0.495 e. The van der Waals surface area contributed by atoms with E-state index in [1.807, 2.05) is 0 Å². The second kappa shape index (κ2) is 6.29. The molecule has 0 amide bonds. The van der Waals surface area contributed by atoms with Crippen LogP contribution < -0.4 is 10.1 Å². The number of hydrogen-bond acceptors (Lipinski definition) is 6. The number of rotatable bonds is 5. The Morgan fingerprint density at radius 3 is 3.00 bits per heavy atom. The number of halogens is 1. The minimum atomic E-state index is -0.530. The molecule has 20 heavy (non-hydrogen) atoms. The maximum Gasteiger partial charge on any atom is 0.360 e. The van der Waals surface area contributed by atoms with E-state index in [1.54, 1.807) is 25.1 Å². The van der Waals surface area contributed by atoms with Crippen molar-refractivity contribution in [3.8, 4) is 5.75 Å². The minimum Gasteiger partial charge on any atom is -0.495 e. The van der Waals surface area contributed by atoms with Gasteiger partial charge in [0.05, 0.1) is 18.7 Å². The molecule has 0 fully saturated rings. The molecule has 2 aromatic rings. The number of anilines is 2. The van der Waals surface area contributed by atoms with Crippen LogP contribution in [-0.2, 0) is 4.74 Å². The summed E-state index contributed by atoms with van der Waals surface area (Å²) in [6, 6.07) is 5.28. The predicted octanol–water partition coefficient (Wildman–Crippen LogP) is 3.26. The maximum atomic E-state index is 11.4. The van der Waals surface area contributed by atoms with E-state index in [4.69, 9.17) is 25.5 Å². The molecule has 7 heteroatoms. The highest BCUT2D eigenvalue weighted by atomic mass is 35.5. The van der Waals surface area contributed by atoms with E-state index >= 15 is 0 Å². The normalized spacial score (nSPS) is 10.2. The zero-order valence-electron chi connectivity index (χ0n) is 11.0. The zero-order valence-corrected chi connectivity index (χ0v) is 11.7. The first-order valence-corrected chi connectivity index (χ1v) is 6.25. The summed E-state index contributed by atoms with van der Waals surface area (Å²) in [6.07, 6.45) is 1.23. The number of oxazole rings is 1. The highest BCUT2D eigenvalue weighted by molar-refractivity contribution is 6.32. The fourth-order valence-corrected chi connectivity index (χ4v) is 1.69. The lowest BCUT2D eigenvalue weighted by molar-refractivity contribution is 0.0519. The van der Waals surface area contributed by atoms with Crippen LogP contribution in [0.5, 0.6) is 5.75 Å². The predicted molar refractivity (Wildman–Crippen MR) is 73.7 cm³/mol. The molecule has 0 aliphatic rings. The first-order valence-electron chi connectivity index (χ1n) is 5.87. The van der Waals surface area contributed by atoms with Crippen molar-refractivity contribution in [2.75, 3.05) is 19.0 Å². The smallest absolute Gasteiger partial charge is 0.360 e. The quantitative estimate of drug-likeness (QED) is 0.854. The van der Waals surface area contributed by atoms with Crippen molar-refractivity contribution in [3.63, 3.8) is 0 Å². The fourth-order valence-electron chi connectivity index (χ4n) is 1.49. The van der Waals surface area contributed by atoms with E-state index in [1.165, 1.54) is 13.4 Å². The first-order chi connectivity index (χ1) is 9.63. The van der Waals surface area contributed by atoms with Gasteiger partial charge in [0.15, 0.2) is 5.69 Å². The number of benzene rings is 1. The molecule has 0 saturated heterocycles. The molecule has 1 aromatic heterocycles. The minimum absolute atomic E-state index is 0.107. The number of methoxy groups -OCH3 is 1. The number of carbonyl (C=O) groups excluding carboxylic acids is 1. The number of carbonyl (C=O) groups is 1. The number of esters is 1. The highest BCUT2D eigenvalue weighted by Crippen LogP contribution is 2.28. The summed E-state index contributed by atoms with van der Waals surface area (Å²) in [6.45, 7) is 2.00. The molecule has 0 aliphatic carbocycles. The highest BCUT2D eigenvalue weighted by Gasteiger charge is 2.13. The number of nitrogens with one attached hydrogen (secondary N) is 1. The van der Waals surface area contributed by atoms with E-state index in [2.05, 4.69) is 10.3 Å². The van der Waals surface area contributed by atoms with Crippen molar-refractivity contribution in [2.45, 2.75) is 6.92 Å². The lowest BCUT2D eigenvalue weighted by Crippen LogP contribution is -2.05. The van der Waals surface area contributed by atoms with Crippen molar-refractivity contribution in [1.29, 1.82) is 0 Å². The van der Waals surface area contributed by atoms with Crippen molar-refractivity contribution in [1.82, 2.24) is 4.98 Å². The van der Waals surface area contributed by atoms with Gasteiger partial charge < -0.3 is 19.2 Å². The van der Waals surface area contributed by atoms with Crippen LogP contribution in [-0.4, -0.2) is 24.7 Å². The molecule has 0 radical (unpaired) electrons. The Balaban J connectivity index is 2.12. The second-order valence-electron chi connectivity index (χ2n) is 3.73. The van der Waals surface area contributed by atoms with E-state index in [0.717, 1.165) is 0 Å². The molecule has 6 nitrogen and oxygen atoms in total. The van der Waals surface area contributed by atoms with Crippen LogP contribution in [0.3, 0.4) is 0 Å². The second-order valence-corrected chi connectivity index (χ2v) is 4.14. The van der Waals surface area contributed by atoms with Crippen molar-refractivity contribution < 1.29 is 18.7 Å². The van der Waals surface area contributed by atoms with Gasteiger partial charge in [-0.25, -0.2) is 4.79 Å². The molecule has 0 saturated carbocycles. The molecule has 0 aliphatic heterocycles. The Bertz CT molecular complexity index is 612. The van der Waals surface area contributed by atoms with Gasteiger partial charge in [0.1, 0.15) is 12.0 Å². The van der Waals surface area contributed by atoms with Crippen LogP contribution in [0.4, 0.5) is 11.7 Å². The molecule has 0 atom stereocenters. The topological polar surface area (TPSA) is 73.6 Å². The Kier molecular flexibility index (Phi) is 4.47. The molecule has 1 heterocycles. The SMILES string of the molecule is CCOC(=O)c1coc(Nc2ccc(Cl)c(OC)c2)n1. The van der Waals surface area contributed by atoms with Gasteiger partial charge in [0.25, 0.3) is 6.01 Å². The zero-order chi connectivity index (χ0) is 14.5. The molecule has 0 bridgehead atoms. The summed E-state index contributed by atoms with van der Waals surface area (Å²) in [5, 5.41) is 3.40. The van der Waals surface area contributed by atoms with Gasteiger partial charge in [-0.15, -0.1) is 0 Å². The lowest BCUT2D eigenvalue weighted by atomic mass is 10.3. The number of nitrogens with zero attached hydrogens (tertiary/aromatic N) is 1. The van der Waals surface area contributed by atoms with Gasteiger partial charge >= 0.3 is 5.97 Å².